The molecule has 0 saturated heterocycles. The Kier molecular flexibility index (Phi) is 7.80. The summed E-state index contributed by atoms with van der Waals surface area (Å²) in [6, 6.07) is 7.35. The monoisotopic (exact) mass is 595 g/mol. The van der Waals surface area contributed by atoms with Crippen molar-refractivity contribution in [2.75, 3.05) is 34.4 Å². The van der Waals surface area contributed by atoms with E-state index in [0.29, 0.717) is 29.0 Å². The molecule has 3 aliphatic rings. The van der Waals surface area contributed by atoms with Crippen LogP contribution in [0.5, 0.6) is 11.5 Å². The maximum atomic E-state index is 14.0. The van der Waals surface area contributed by atoms with E-state index in [-0.39, 0.29) is 36.3 Å². The van der Waals surface area contributed by atoms with Crippen LogP contribution >= 0.6 is 0 Å². The molecule has 3 aliphatic carbocycles. The third-order valence-corrected chi connectivity index (χ3v) is 8.76. The maximum absolute atomic E-state index is 14.0. The minimum absolute atomic E-state index is 0.0226. The molecule has 1 amide bonds. The number of alkyl halides is 1. The summed E-state index contributed by atoms with van der Waals surface area (Å²) in [5.74, 6) is -6.59. The van der Waals surface area contributed by atoms with Crippen molar-refractivity contribution in [3.05, 3.63) is 69.7 Å². The van der Waals surface area contributed by atoms with Gasteiger partial charge in [-0.25, -0.2) is 4.39 Å². The zero-order valence-corrected chi connectivity index (χ0v) is 24.0. The molecule has 228 valence electrons. The Bertz CT molecular complexity index is 1600. The van der Waals surface area contributed by atoms with Crippen molar-refractivity contribution < 1.29 is 43.9 Å². The summed E-state index contributed by atoms with van der Waals surface area (Å²) in [6.07, 6.45) is 0.108. The number of nitrogens with one attached hydrogen (secondary N) is 1. The second-order valence-electron chi connectivity index (χ2n) is 11.3. The van der Waals surface area contributed by atoms with Crippen molar-refractivity contribution in [2.24, 2.45) is 17.6 Å². The number of aliphatic hydroxyl groups is 3. The molecule has 0 aromatic heterocycles. The van der Waals surface area contributed by atoms with Gasteiger partial charge >= 0.3 is 0 Å². The second-order valence-corrected chi connectivity index (χ2v) is 11.3. The number of ether oxygens (including phenoxy) is 1. The van der Waals surface area contributed by atoms with Crippen molar-refractivity contribution in [2.45, 2.75) is 31.0 Å². The first-order valence-corrected chi connectivity index (χ1v) is 13.8. The van der Waals surface area contributed by atoms with Crippen molar-refractivity contribution >= 4 is 17.5 Å². The van der Waals surface area contributed by atoms with Gasteiger partial charge in [0.25, 0.3) is 5.91 Å². The number of allylic oxidation sites excluding steroid dienone is 1. The largest absolute Gasteiger partial charge is 0.510 e. The summed E-state index contributed by atoms with van der Waals surface area (Å²) in [5, 5.41) is 48.1. The van der Waals surface area contributed by atoms with Crippen molar-refractivity contribution in [1.29, 1.82) is 0 Å². The van der Waals surface area contributed by atoms with Gasteiger partial charge in [0.1, 0.15) is 35.3 Å². The smallest absolute Gasteiger partial charge is 0.255 e. The summed E-state index contributed by atoms with van der Waals surface area (Å²) in [7, 11) is 4.65. The SMILES string of the molecule is COc1ccc(CNCCF)cc1-c1ccc(O)c2c1C[C@H]1C[C@H]3C(N(C)C)C(O)=C(C(N)=O)C(=O)[C@@]3(O)C(O)=C1C2=O. The number of hydrogen-bond acceptors (Lipinski definition) is 10. The van der Waals surface area contributed by atoms with Gasteiger partial charge in [-0.15, -0.1) is 0 Å². The number of aromatic hydroxyl groups is 1. The minimum atomic E-state index is -2.71. The summed E-state index contributed by atoms with van der Waals surface area (Å²) in [4.78, 5) is 41.2. The van der Waals surface area contributed by atoms with Gasteiger partial charge in [0.15, 0.2) is 11.4 Å². The highest BCUT2D eigenvalue weighted by atomic mass is 19.1. The molecular weight excluding hydrogens is 561 g/mol. The lowest BCUT2D eigenvalue weighted by molar-refractivity contribution is -0.148. The first-order valence-electron chi connectivity index (χ1n) is 13.8. The number of halogens is 1. The van der Waals surface area contributed by atoms with Crippen LogP contribution in [0.1, 0.15) is 27.9 Å². The number of benzene rings is 2. The number of nitrogens with zero attached hydrogens (tertiary/aromatic N) is 1. The molecule has 0 aliphatic heterocycles. The number of primary amides is 1. The van der Waals surface area contributed by atoms with E-state index in [4.69, 9.17) is 10.5 Å². The quantitative estimate of drug-likeness (QED) is 0.195. The molecule has 12 heteroatoms. The van der Waals surface area contributed by atoms with Gasteiger partial charge in [-0.05, 0) is 67.7 Å². The zero-order chi connectivity index (χ0) is 31.4. The summed E-state index contributed by atoms with van der Waals surface area (Å²) in [5.41, 5.74) is 4.02. The highest BCUT2D eigenvalue weighted by Gasteiger charge is 2.63. The molecular formula is C31H34FN3O8. The first-order chi connectivity index (χ1) is 20.4. The van der Waals surface area contributed by atoms with E-state index < -0.39 is 64.7 Å². The molecule has 11 nitrogen and oxygen atoms in total. The van der Waals surface area contributed by atoms with Crippen molar-refractivity contribution in [3.63, 3.8) is 0 Å². The number of aliphatic hydroxyl groups excluding tert-OH is 2. The van der Waals surface area contributed by atoms with Gasteiger partial charge in [0, 0.05) is 30.1 Å². The molecule has 4 atom stereocenters. The van der Waals surface area contributed by atoms with Crippen molar-refractivity contribution in [3.8, 4) is 22.6 Å². The van der Waals surface area contributed by atoms with E-state index in [1.165, 1.54) is 18.1 Å². The topological polar surface area (TPSA) is 183 Å². The number of methoxy groups -OCH3 is 1. The highest BCUT2D eigenvalue weighted by molar-refractivity contribution is 6.25. The van der Waals surface area contributed by atoms with E-state index in [1.807, 2.05) is 12.1 Å². The molecule has 43 heavy (non-hydrogen) atoms. The first kappa shape index (κ1) is 30.2. The number of Topliss-reactive ketones (excluding diaryl/α,β-unsaturated/α-hetero) is 2. The Labute approximate surface area is 247 Å². The number of amides is 1. The lowest BCUT2D eigenvalue weighted by Gasteiger charge is -2.50. The molecule has 2 aromatic rings. The zero-order valence-electron chi connectivity index (χ0n) is 24.0. The van der Waals surface area contributed by atoms with Crippen LogP contribution in [-0.2, 0) is 22.6 Å². The van der Waals surface area contributed by atoms with Crippen LogP contribution in [0.15, 0.2) is 53.0 Å². The van der Waals surface area contributed by atoms with Crippen LogP contribution in [0.2, 0.25) is 0 Å². The number of carbonyl (C=O) groups is 3. The van der Waals surface area contributed by atoms with Crippen LogP contribution in [-0.4, -0.2) is 88.9 Å². The number of likely N-dealkylation sites (N-methyl/N-ethyl adjacent to an activating group) is 1. The second kappa shape index (κ2) is 11.1. The Hall–Kier alpha value is -4.26. The summed E-state index contributed by atoms with van der Waals surface area (Å²) in [6.45, 7) is 0.0445. The van der Waals surface area contributed by atoms with Crippen LogP contribution in [0.3, 0.4) is 0 Å². The number of ketones is 2. The van der Waals surface area contributed by atoms with Gasteiger partial charge in [-0.3, -0.25) is 19.3 Å². The van der Waals surface area contributed by atoms with Crippen LogP contribution in [0, 0.1) is 11.8 Å². The molecule has 7 N–H and O–H groups in total. The number of hydrogen-bond donors (Lipinski definition) is 6. The fourth-order valence-corrected chi connectivity index (χ4v) is 6.88. The van der Waals surface area contributed by atoms with E-state index in [0.717, 1.165) is 5.56 Å². The van der Waals surface area contributed by atoms with E-state index >= 15 is 0 Å². The van der Waals surface area contributed by atoms with Crippen LogP contribution in [0.4, 0.5) is 4.39 Å². The molecule has 0 spiro atoms. The molecule has 0 radical (unpaired) electrons. The standard InChI is InChI=1S/C31H34FN3O8/c1-35(2)25-19-12-15-11-18-16(17-10-14(13-34-9-8-32)4-7-21(17)43-3)5-6-20(36)23(18)26(37)22(15)28(39)31(19,42)29(40)24(27(25)38)30(33)41/h4-7,10,15,19,25,34,36,38-39,42H,8-9,11-13H2,1-3H3,(H2,33,41)/t15-,19-,25?,31-/m0/s1. The maximum Gasteiger partial charge on any atom is 0.255 e. The number of phenols is 1. The predicted molar refractivity (Wildman–Crippen MR) is 153 cm³/mol. The van der Waals surface area contributed by atoms with Gasteiger partial charge in [0.05, 0.1) is 18.7 Å². The van der Waals surface area contributed by atoms with Gasteiger partial charge in [-0.1, -0.05) is 12.1 Å². The minimum Gasteiger partial charge on any atom is -0.510 e. The number of fused-ring (bicyclic) bond motifs is 3. The highest BCUT2D eigenvalue weighted by Crippen LogP contribution is 2.53. The Morgan fingerprint density at radius 2 is 1.88 bits per heavy atom. The van der Waals surface area contributed by atoms with E-state index in [9.17, 15) is 39.2 Å². The normalized spacial score (nSPS) is 25.0. The molecule has 0 bridgehead atoms. The fourth-order valence-electron chi connectivity index (χ4n) is 6.88. The Morgan fingerprint density at radius 3 is 2.51 bits per heavy atom. The van der Waals surface area contributed by atoms with Gasteiger partial charge in [-0.2, -0.15) is 0 Å². The average Bonchev–Trinajstić information content (AvgIpc) is 2.95. The number of rotatable bonds is 8. The lowest BCUT2D eigenvalue weighted by atomic mass is 9.58. The van der Waals surface area contributed by atoms with Gasteiger partial charge in [0.2, 0.25) is 5.78 Å². The average molecular weight is 596 g/mol. The molecule has 1 unspecified atom stereocenters. The molecule has 0 saturated carbocycles. The van der Waals surface area contributed by atoms with Crippen molar-refractivity contribution in [1.82, 2.24) is 10.2 Å². The van der Waals surface area contributed by atoms with Crippen LogP contribution in [0.25, 0.3) is 11.1 Å². The molecule has 0 heterocycles. The van der Waals surface area contributed by atoms with Gasteiger partial charge < -0.3 is 36.2 Å². The van der Waals surface area contributed by atoms with Crippen LogP contribution < -0.4 is 15.8 Å². The number of carbonyl (C=O) groups excluding carboxylic acids is 3. The third kappa shape index (κ3) is 4.57. The molecule has 2 aromatic carbocycles. The van der Waals surface area contributed by atoms with E-state index in [1.54, 1.807) is 26.2 Å². The third-order valence-electron chi connectivity index (χ3n) is 8.76. The number of nitrogens with two attached hydrogens (primary N) is 1. The fraction of sp³-hybridized carbons (Fsp3) is 0.387. The predicted octanol–water partition coefficient (Wildman–Crippen LogP) is 1.86. The molecule has 5 rings (SSSR count). The Balaban J connectivity index is 1.68. The molecule has 0 fully saturated rings. The lowest BCUT2D eigenvalue weighted by Crippen LogP contribution is -2.63. The summed E-state index contributed by atoms with van der Waals surface area (Å²) >= 11 is 0. The van der Waals surface area contributed by atoms with E-state index in [2.05, 4.69) is 5.32 Å². The number of phenolic OH excluding ortho intramolecular Hbond substituents is 1. The summed E-state index contributed by atoms with van der Waals surface area (Å²) < 4.78 is 18.3. The Morgan fingerprint density at radius 1 is 1.16 bits per heavy atom.